The number of guanidine groups is 1. The average molecular weight is 226 g/mol. The minimum Gasteiger partial charge on any atom is -0.352 e. The number of rotatable bonds is 0. The van der Waals surface area contributed by atoms with Crippen LogP contribution in [0.15, 0.2) is 29.3 Å². The highest BCUT2D eigenvalue weighted by molar-refractivity contribution is 5.82. The summed E-state index contributed by atoms with van der Waals surface area (Å²) >= 11 is 0. The molecule has 4 nitrogen and oxygen atoms in total. The largest absolute Gasteiger partial charge is 0.352 e. The van der Waals surface area contributed by atoms with Crippen LogP contribution < -0.4 is 10.6 Å². The third-order valence-corrected chi connectivity index (χ3v) is 3.71. The van der Waals surface area contributed by atoms with Crippen LogP contribution in [0.2, 0.25) is 0 Å². The SMILES string of the molecule is C[C@@H]1[C@H]2Cc3ccccc3[C@@H]1N=C(NC#N)N2. The maximum Gasteiger partial charge on any atom is 0.205 e. The zero-order valence-electron chi connectivity index (χ0n) is 9.64. The Morgan fingerprint density at radius 1 is 1.47 bits per heavy atom. The summed E-state index contributed by atoms with van der Waals surface area (Å²) in [6.45, 7) is 2.21. The lowest BCUT2D eigenvalue weighted by Crippen LogP contribution is -2.53. The van der Waals surface area contributed by atoms with Crippen LogP contribution in [-0.4, -0.2) is 12.0 Å². The molecular weight excluding hydrogens is 212 g/mol. The summed E-state index contributed by atoms with van der Waals surface area (Å²) < 4.78 is 0. The van der Waals surface area contributed by atoms with Gasteiger partial charge >= 0.3 is 0 Å². The molecule has 0 aromatic heterocycles. The van der Waals surface area contributed by atoms with Gasteiger partial charge in [-0.25, -0.2) is 4.99 Å². The smallest absolute Gasteiger partial charge is 0.205 e. The molecular formula is C13H14N4. The molecule has 1 aliphatic heterocycles. The molecule has 1 aromatic carbocycles. The molecule has 0 amide bonds. The van der Waals surface area contributed by atoms with Crippen molar-refractivity contribution in [2.75, 3.05) is 0 Å². The second kappa shape index (κ2) is 3.77. The fraction of sp³-hybridized carbons (Fsp3) is 0.385. The minimum absolute atomic E-state index is 0.169. The fourth-order valence-corrected chi connectivity index (χ4v) is 2.78. The summed E-state index contributed by atoms with van der Waals surface area (Å²) in [6, 6.07) is 8.97. The second-order valence-electron chi connectivity index (χ2n) is 4.67. The van der Waals surface area contributed by atoms with Crippen molar-refractivity contribution in [3.8, 4) is 6.19 Å². The van der Waals surface area contributed by atoms with E-state index in [2.05, 4.69) is 46.8 Å². The average Bonchev–Trinajstić information content (AvgIpc) is 2.32. The van der Waals surface area contributed by atoms with Gasteiger partial charge in [0.2, 0.25) is 5.96 Å². The number of nitrogens with zero attached hydrogens (tertiary/aromatic N) is 2. The van der Waals surface area contributed by atoms with Crippen LogP contribution in [-0.2, 0) is 6.42 Å². The van der Waals surface area contributed by atoms with Gasteiger partial charge in [0.1, 0.15) is 0 Å². The normalized spacial score (nSPS) is 29.4. The Morgan fingerprint density at radius 2 is 2.29 bits per heavy atom. The first-order valence-electron chi connectivity index (χ1n) is 5.87. The minimum atomic E-state index is 0.169. The second-order valence-corrected chi connectivity index (χ2v) is 4.67. The van der Waals surface area contributed by atoms with Gasteiger partial charge in [-0.05, 0) is 17.5 Å². The van der Waals surface area contributed by atoms with Crippen molar-refractivity contribution in [1.29, 1.82) is 5.26 Å². The molecule has 4 heteroatoms. The van der Waals surface area contributed by atoms with Crippen LogP contribution in [0.5, 0.6) is 0 Å². The Balaban J connectivity index is 2.05. The molecule has 3 rings (SSSR count). The van der Waals surface area contributed by atoms with Crippen LogP contribution in [0.3, 0.4) is 0 Å². The van der Waals surface area contributed by atoms with E-state index in [0.29, 0.717) is 17.9 Å². The van der Waals surface area contributed by atoms with Crippen molar-refractivity contribution in [2.24, 2.45) is 10.9 Å². The number of nitrogens with one attached hydrogen (secondary N) is 2. The lowest BCUT2D eigenvalue weighted by Gasteiger charge is -2.40. The van der Waals surface area contributed by atoms with Crippen molar-refractivity contribution < 1.29 is 0 Å². The highest BCUT2D eigenvalue weighted by Crippen LogP contribution is 2.38. The maximum absolute atomic E-state index is 8.66. The summed E-state index contributed by atoms with van der Waals surface area (Å²) in [4.78, 5) is 4.59. The van der Waals surface area contributed by atoms with Gasteiger partial charge in [0.15, 0.2) is 6.19 Å². The number of benzene rings is 1. The van der Waals surface area contributed by atoms with E-state index in [1.54, 1.807) is 0 Å². The number of aliphatic imine (C=N–C) groups is 1. The molecule has 0 radical (unpaired) electrons. The quantitative estimate of drug-likeness (QED) is 0.518. The summed E-state index contributed by atoms with van der Waals surface area (Å²) in [6.07, 6.45) is 2.92. The van der Waals surface area contributed by atoms with Gasteiger partial charge in [-0.1, -0.05) is 31.2 Å². The Kier molecular flexibility index (Phi) is 2.25. The number of nitriles is 1. The summed E-state index contributed by atoms with van der Waals surface area (Å²) in [5.74, 6) is 1.07. The molecule has 1 heterocycles. The Morgan fingerprint density at radius 3 is 3.12 bits per heavy atom. The first-order valence-corrected chi connectivity index (χ1v) is 5.87. The molecule has 3 atom stereocenters. The van der Waals surface area contributed by atoms with Crippen LogP contribution >= 0.6 is 0 Å². The number of hydrogen-bond donors (Lipinski definition) is 2. The molecule has 0 spiro atoms. The van der Waals surface area contributed by atoms with Crippen molar-refractivity contribution in [2.45, 2.75) is 25.4 Å². The van der Waals surface area contributed by atoms with Crippen molar-refractivity contribution in [3.05, 3.63) is 35.4 Å². The van der Waals surface area contributed by atoms with Gasteiger partial charge < -0.3 is 5.32 Å². The highest BCUT2D eigenvalue weighted by Gasteiger charge is 2.37. The fourth-order valence-electron chi connectivity index (χ4n) is 2.78. The predicted molar refractivity (Wildman–Crippen MR) is 65.2 cm³/mol. The van der Waals surface area contributed by atoms with Crippen LogP contribution in [0.1, 0.15) is 24.1 Å². The Bertz CT molecular complexity index is 514. The van der Waals surface area contributed by atoms with Crippen LogP contribution in [0.25, 0.3) is 0 Å². The van der Waals surface area contributed by atoms with E-state index in [4.69, 9.17) is 5.26 Å². The lowest BCUT2D eigenvalue weighted by atomic mass is 9.77. The third kappa shape index (κ3) is 1.55. The van der Waals surface area contributed by atoms with Crippen molar-refractivity contribution in [1.82, 2.24) is 10.6 Å². The molecule has 1 aliphatic carbocycles. The molecule has 17 heavy (non-hydrogen) atoms. The van der Waals surface area contributed by atoms with Gasteiger partial charge in [0, 0.05) is 12.0 Å². The molecule has 2 N–H and O–H groups in total. The van der Waals surface area contributed by atoms with Crippen molar-refractivity contribution >= 4 is 5.96 Å². The molecule has 0 fully saturated rings. The van der Waals surface area contributed by atoms with Crippen LogP contribution in [0.4, 0.5) is 0 Å². The standard InChI is InChI=1S/C13H14N4/c1-8-11-6-9-4-2-3-5-10(9)12(8)17-13(16-11)15-7-14/h2-5,8,11-12H,6H2,1H3,(H2,15,16,17)/t8-,11-,12-/m1/s1. The first-order chi connectivity index (χ1) is 8.29. The van der Waals surface area contributed by atoms with Gasteiger partial charge in [-0.15, -0.1) is 0 Å². The Labute approximate surface area is 100 Å². The molecule has 0 saturated heterocycles. The van der Waals surface area contributed by atoms with Crippen LogP contribution in [0, 0.1) is 17.4 Å². The van der Waals surface area contributed by atoms with E-state index in [-0.39, 0.29) is 6.04 Å². The van der Waals surface area contributed by atoms with E-state index in [1.807, 2.05) is 6.19 Å². The summed E-state index contributed by atoms with van der Waals surface area (Å²) in [5, 5.41) is 14.6. The number of fused-ring (bicyclic) bond motifs is 4. The Hall–Kier alpha value is -2.02. The van der Waals surface area contributed by atoms with E-state index in [0.717, 1.165) is 6.42 Å². The summed E-state index contributed by atoms with van der Waals surface area (Å²) in [7, 11) is 0. The van der Waals surface area contributed by atoms with E-state index >= 15 is 0 Å². The monoisotopic (exact) mass is 226 g/mol. The molecule has 0 unspecified atom stereocenters. The predicted octanol–water partition coefficient (Wildman–Crippen LogP) is 1.32. The van der Waals surface area contributed by atoms with E-state index in [9.17, 15) is 0 Å². The molecule has 1 aromatic rings. The highest BCUT2D eigenvalue weighted by atomic mass is 15.2. The van der Waals surface area contributed by atoms with Gasteiger partial charge in [0.25, 0.3) is 0 Å². The van der Waals surface area contributed by atoms with E-state index in [1.165, 1.54) is 11.1 Å². The van der Waals surface area contributed by atoms with Gasteiger partial charge in [-0.2, -0.15) is 5.26 Å². The third-order valence-electron chi connectivity index (χ3n) is 3.71. The summed E-state index contributed by atoms with van der Waals surface area (Å²) in [5.41, 5.74) is 2.67. The molecule has 86 valence electrons. The van der Waals surface area contributed by atoms with Crippen molar-refractivity contribution in [3.63, 3.8) is 0 Å². The van der Waals surface area contributed by atoms with Gasteiger partial charge in [0.05, 0.1) is 6.04 Å². The van der Waals surface area contributed by atoms with E-state index < -0.39 is 0 Å². The molecule has 0 saturated carbocycles. The zero-order chi connectivity index (χ0) is 11.8. The molecule has 2 aliphatic rings. The topological polar surface area (TPSA) is 60.2 Å². The lowest BCUT2D eigenvalue weighted by molar-refractivity contribution is 0.313. The first kappa shape index (κ1) is 10.2. The number of hydrogen-bond acceptors (Lipinski definition) is 4. The van der Waals surface area contributed by atoms with Gasteiger partial charge in [-0.3, -0.25) is 5.32 Å². The zero-order valence-corrected chi connectivity index (χ0v) is 9.64. The molecule has 2 bridgehead atoms. The maximum atomic E-state index is 8.66.